The molecule has 0 heterocycles. The number of carbonyl (C=O) groups excluding carboxylic acids is 1. The molecule has 0 saturated heterocycles. The maximum Gasteiger partial charge on any atom is 0.237 e. The van der Waals surface area contributed by atoms with Crippen molar-refractivity contribution in [3.8, 4) is 0 Å². The van der Waals surface area contributed by atoms with Crippen molar-refractivity contribution >= 4 is 5.91 Å². The second-order valence-electron chi connectivity index (χ2n) is 5.65. The third-order valence-corrected chi connectivity index (χ3v) is 1.73. The SMILES string of the molecule is CC(NCC(C)(C)O)C(=O)NC(C)(C)C. The van der Waals surface area contributed by atoms with Crippen LogP contribution in [0.3, 0.4) is 0 Å². The fourth-order valence-electron chi connectivity index (χ4n) is 0.973. The van der Waals surface area contributed by atoms with Gasteiger partial charge in [0, 0.05) is 12.1 Å². The van der Waals surface area contributed by atoms with Gasteiger partial charge in [-0.05, 0) is 41.5 Å². The van der Waals surface area contributed by atoms with E-state index in [2.05, 4.69) is 10.6 Å². The normalized spacial score (nSPS) is 14.9. The highest BCUT2D eigenvalue weighted by molar-refractivity contribution is 5.81. The average molecular weight is 216 g/mol. The van der Waals surface area contributed by atoms with Crippen LogP contribution in [0.2, 0.25) is 0 Å². The van der Waals surface area contributed by atoms with Crippen LogP contribution in [0.1, 0.15) is 41.5 Å². The van der Waals surface area contributed by atoms with Crippen molar-refractivity contribution in [3.05, 3.63) is 0 Å². The molecule has 4 heteroatoms. The molecule has 4 nitrogen and oxygen atoms in total. The first kappa shape index (κ1) is 14.4. The Bertz CT molecular complexity index is 214. The van der Waals surface area contributed by atoms with Gasteiger partial charge < -0.3 is 15.7 Å². The highest BCUT2D eigenvalue weighted by atomic mass is 16.3. The maximum atomic E-state index is 11.6. The second-order valence-corrected chi connectivity index (χ2v) is 5.65. The van der Waals surface area contributed by atoms with E-state index in [-0.39, 0.29) is 17.5 Å². The van der Waals surface area contributed by atoms with Gasteiger partial charge in [-0.25, -0.2) is 0 Å². The Morgan fingerprint density at radius 2 is 1.73 bits per heavy atom. The Hall–Kier alpha value is -0.610. The molecule has 0 spiro atoms. The molecule has 0 aromatic heterocycles. The number of carbonyl (C=O) groups is 1. The Kier molecular flexibility index (Phi) is 4.74. The average Bonchev–Trinajstić information content (AvgIpc) is 1.95. The predicted octanol–water partition coefficient (Wildman–Crippen LogP) is 0.650. The van der Waals surface area contributed by atoms with Gasteiger partial charge in [-0.2, -0.15) is 0 Å². The molecule has 3 N–H and O–H groups in total. The van der Waals surface area contributed by atoms with E-state index in [0.29, 0.717) is 6.54 Å². The molecule has 0 aromatic carbocycles. The Balaban J connectivity index is 4.01. The zero-order valence-electron chi connectivity index (χ0n) is 10.6. The Morgan fingerprint density at radius 1 is 1.27 bits per heavy atom. The number of hydrogen-bond donors (Lipinski definition) is 3. The van der Waals surface area contributed by atoms with Crippen molar-refractivity contribution in [1.29, 1.82) is 0 Å². The minimum absolute atomic E-state index is 0.0493. The highest BCUT2D eigenvalue weighted by Gasteiger charge is 2.21. The number of nitrogens with one attached hydrogen (secondary N) is 2. The summed E-state index contributed by atoms with van der Waals surface area (Å²) in [6.45, 7) is 11.4. The molecule has 0 radical (unpaired) electrons. The van der Waals surface area contributed by atoms with Crippen molar-refractivity contribution in [2.45, 2.75) is 58.7 Å². The van der Waals surface area contributed by atoms with Gasteiger partial charge in [0.1, 0.15) is 0 Å². The molecule has 0 rings (SSSR count). The molecule has 90 valence electrons. The molecular formula is C11H24N2O2. The maximum absolute atomic E-state index is 11.6. The van der Waals surface area contributed by atoms with Crippen LogP contribution in [-0.4, -0.2) is 34.7 Å². The molecule has 1 atom stereocenters. The van der Waals surface area contributed by atoms with Gasteiger partial charge in [-0.15, -0.1) is 0 Å². The Labute approximate surface area is 92.4 Å². The van der Waals surface area contributed by atoms with Crippen LogP contribution in [0, 0.1) is 0 Å². The number of amides is 1. The summed E-state index contributed by atoms with van der Waals surface area (Å²) in [4.78, 5) is 11.6. The van der Waals surface area contributed by atoms with Crippen molar-refractivity contribution in [3.63, 3.8) is 0 Å². The molecule has 0 aliphatic rings. The zero-order valence-corrected chi connectivity index (χ0v) is 10.6. The van der Waals surface area contributed by atoms with E-state index in [9.17, 15) is 9.90 Å². The van der Waals surface area contributed by atoms with Gasteiger partial charge >= 0.3 is 0 Å². The molecule has 0 bridgehead atoms. The lowest BCUT2D eigenvalue weighted by Crippen LogP contribution is -2.51. The van der Waals surface area contributed by atoms with Crippen molar-refractivity contribution in [2.75, 3.05) is 6.54 Å². The first-order chi connectivity index (χ1) is 6.51. The summed E-state index contributed by atoms with van der Waals surface area (Å²) in [6, 6.07) is -0.296. The summed E-state index contributed by atoms with van der Waals surface area (Å²) in [6.07, 6.45) is 0. The molecule has 0 fully saturated rings. The summed E-state index contributed by atoms with van der Waals surface area (Å²) in [5, 5.41) is 15.3. The first-order valence-corrected chi connectivity index (χ1v) is 5.29. The molecular weight excluding hydrogens is 192 g/mol. The van der Waals surface area contributed by atoms with E-state index in [1.807, 2.05) is 20.8 Å². The van der Waals surface area contributed by atoms with Gasteiger partial charge in [-0.1, -0.05) is 0 Å². The first-order valence-electron chi connectivity index (χ1n) is 5.29. The molecule has 0 aromatic rings. The molecule has 15 heavy (non-hydrogen) atoms. The van der Waals surface area contributed by atoms with Gasteiger partial charge in [0.05, 0.1) is 11.6 Å². The fourth-order valence-corrected chi connectivity index (χ4v) is 0.973. The third kappa shape index (κ3) is 8.39. The molecule has 1 unspecified atom stereocenters. The van der Waals surface area contributed by atoms with E-state index in [0.717, 1.165) is 0 Å². The molecule has 0 saturated carbocycles. The number of aliphatic hydroxyl groups is 1. The second kappa shape index (κ2) is 4.94. The molecule has 1 amide bonds. The largest absolute Gasteiger partial charge is 0.389 e. The van der Waals surface area contributed by atoms with Crippen LogP contribution in [0.4, 0.5) is 0 Å². The van der Waals surface area contributed by atoms with Gasteiger partial charge in [0.15, 0.2) is 0 Å². The summed E-state index contributed by atoms with van der Waals surface area (Å²) in [5.41, 5.74) is -1.02. The van der Waals surface area contributed by atoms with Crippen LogP contribution in [0.25, 0.3) is 0 Å². The van der Waals surface area contributed by atoms with E-state index in [4.69, 9.17) is 0 Å². The van der Waals surface area contributed by atoms with Crippen LogP contribution in [-0.2, 0) is 4.79 Å². The Morgan fingerprint density at radius 3 is 2.07 bits per heavy atom. The van der Waals surface area contributed by atoms with Gasteiger partial charge in [0.2, 0.25) is 5.91 Å². The lowest BCUT2D eigenvalue weighted by Gasteiger charge is -2.25. The zero-order chi connectivity index (χ0) is 12.3. The predicted molar refractivity (Wildman–Crippen MR) is 61.7 cm³/mol. The molecule has 0 aliphatic carbocycles. The smallest absolute Gasteiger partial charge is 0.237 e. The summed E-state index contributed by atoms with van der Waals surface area (Å²) in [7, 11) is 0. The summed E-state index contributed by atoms with van der Waals surface area (Å²) >= 11 is 0. The van der Waals surface area contributed by atoms with Crippen molar-refractivity contribution in [1.82, 2.24) is 10.6 Å². The number of rotatable bonds is 4. The van der Waals surface area contributed by atoms with Gasteiger partial charge in [-0.3, -0.25) is 4.79 Å². The standard InChI is InChI=1S/C11H24N2O2/c1-8(12-7-11(5,6)15)9(14)13-10(2,3)4/h8,12,15H,7H2,1-6H3,(H,13,14). The third-order valence-electron chi connectivity index (χ3n) is 1.73. The monoisotopic (exact) mass is 216 g/mol. The van der Waals surface area contributed by atoms with Crippen molar-refractivity contribution in [2.24, 2.45) is 0 Å². The quantitative estimate of drug-likeness (QED) is 0.646. The minimum Gasteiger partial charge on any atom is -0.389 e. The lowest BCUT2D eigenvalue weighted by molar-refractivity contribution is -0.124. The topological polar surface area (TPSA) is 61.4 Å². The highest BCUT2D eigenvalue weighted by Crippen LogP contribution is 2.01. The summed E-state index contributed by atoms with van der Waals surface area (Å²) < 4.78 is 0. The van der Waals surface area contributed by atoms with Crippen LogP contribution >= 0.6 is 0 Å². The van der Waals surface area contributed by atoms with E-state index in [1.165, 1.54) is 0 Å². The van der Waals surface area contributed by atoms with E-state index < -0.39 is 5.60 Å². The van der Waals surface area contributed by atoms with Crippen molar-refractivity contribution < 1.29 is 9.90 Å². The molecule has 0 aliphatic heterocycles. The van der Waals surface area contributed by atoms with E-state index >= 15 is 0 Å². The summed E-state index contributed by atoms with van der Waals surface area (Å²) in [5.74, 6) is -0.0493. The van der Waals surface area contributed by atoms with Crippen LogP contribution < -0.4 is 10.6 Å². The van der Waals surface area contributed by atoms with Gasteiger partial charge in [0.25, 0.3) is 0 Å². The lowest BCUT2D eigenvalue weighted by atomic mass is 10.1. The van der Waals surface area contributed by atoms with E-state index in [1.54, 1.807) is 20.8 Å². The fraction of sp³-hybridized carbons (Fsp3) is 0.909. The van der Waals surface area contributed by atoms with Crippen LogP contribution in [0.15, 0.2) is 0 Å². The van der Waals surface area contributed by atoms with Crippen LogP contribution in [0.5, 0.6) is 0 Å². The minimum atomic E-state index is -0.795. The number of hydrogen-bond acceptors (Lipinski definition) is 3.